The van der Waals surface area contributed by atoms with Crippen molar-refractivity contribution in [3.63, 3.8) is 0 Å². The van der Waals surface area contributed by atoms with Crippen LogP contribution in [0.15, 0.2) is 49.0 Å². The molecular weight excluding hydrogens is 264 g/mol. The zero-order chi connectivity index (χ0) is 16.0. The quantitative estimate of drug-likeness (QED) is 0.335. The molecule has 0 saturated heterocycles. The molecule has 0 aliphatic carbocycles. The predicted octanol–water partition coefficient (Wildman–Crippen LogP) is 4.49. The van der Waals surface area contributed by atoms with Gasteiger partial charge in [-0.2, -0.15) is 0 Å². The van der Waals surface area contributed by atoms with Crippen molar-refractivity contribution in [2.45, 2.75) is 52.4 Å². The fourth-order valence-corrected chi connectivity index (χ4v) is 1.22. The third kappa shape index (κ3) is 27.8. The average molecular weight is 296 g/mol. The standard InChI is InChI=1S/C16H26O.C2H6O2/c1-3-5-7-9-11-13-15-17-16-14-12-10-8-6-4-2;3-1-2-4/h9-16H,3-8H2,1-2H3;3-4H,1-2H2/b11-9+,12-10+,15-13+,16-14+;. The second kappa shape index (κ2) is 23.7. The number of hydrogen-bond donors (Lipinski definition) is 2. The molecule has 0 radical (unpaired) electrons. The molecule has 0 aliphatic rings. The van der Waals surface area contributed by atoms with E-state index < -0.39 is 0 Å². The van der Waals surface area contributed by atoms with Gasteiger partial charge in [-0.3, -0.25) is 0 Å². The summed E-state index contributed by atoms with van der Waals surface area (Å²) >= 11 is 0. The van der Waals surface area contributed by atoms with Crippen molar-refractivity contribution in [2.75, 3.05) is 13.2 Å². The van der Waals surface area contributed by atoms with E-state index in [1.165, 1.54) is 25.7 Å². The largest absolute Gasteiger partial charge is 0.473 e. The minimum absolute atomic E-state index is 0.125. The molecule has 0 atom stereocenters. The SMILES string of the molecule is CCCC/C=C/C=C/O/C=C/C=C/CCCC.OCCO. The lowest BCUT2D eigenvalue weighted by molar-refractivity contribution is 0.186. The third-order valence-electron chi connectivity index (χ3n) is 2.36. The van der Waals surface area contributed by atoms with Gasteiger partial charge in [-0.25, -0.2) is 0 Å². The number of unbranched alkanes of at least 4 members (excludes halogenated alkanes) is 4. The van der Waals surface area contributed by atoms with Gasteiger partial charge in [0.05, 0.1) is 25.7 Å². The van der Waals surface area contributed by atoms with Gasteiger partial charge in [0, 0.05) is 0 Å². The lowest BCUT2D eigenvalue weighted by Crippen LogP contribution is -1.85. The van der Waals surface area contributed by atoms with Gasteiger partial charge in [-0.05, 0) is 25.0 Å². The van der Waals surface area contributed by atoms with Crippen LogP contribution in [0.25, 0.3) is 0 Å². The fraction of sp³-hybridized carbons (Fsp3) is 0.556. The van der Waals surface area contributed by atoms with E-state index in [-0.39, 0.29) is 13.2 Å². The van der Waals surface area contributed by atoms with Gasteiger partial charge in [-0.1, -0.05) is 63.8 Å². The number of aliphatic hydroxyl groups excluding tert-OH is 2. The smallest absolute Gasteiger partial charge is 0.0901 e. The minimum atomic E-state index is -0.125. The molecule has 3 heteroatoms. The van der Waals surface area contributed by atoms with Crippen molar-refractivity contribution in [3.05, 3.63) is 49.0 Å². The number of rotatable bonds is 11. The first kappa shape index (κ1) is 22.0. The maximum atomic E-state index is 7.62. The topological polar surface area (TPSA) is 49.7 Å². The lowest BCUT2D eigenvalue weighted by Gasteiger charge is -1.88. The van der Waals surface area contributed by atoms with E-state index in [1.54, 1.807) is 12.5 Å². The van der Waals surface area contributed by atoms with Gasteiger partial charge in [0.25, 0.3) is 0 Å². The molecule has 21 heavy (non-hydrogen) atoms. The Hall–Kier alpha value is -1.32. The van der Waals surface area contributed by atoms with Crippen molar-refractivity contribution >= 4 is 0 Å². The van der Waals surface area contributed by atoms with Crippen LogP contribution in [0.4, 0.5) is 0 Å². The summed E-state index contributed by atoms with van der Waals surface area (Å²) in [6, 6.07) is 0. The van der Waals surface area contributed by atoms with Crippen LogP contribution in [0.2, 0.25) is 0 Å². The van der Waals surface area contributed by atoms with E-state index in [0.717, 1.165) is 12.8 Å². The summed E-state index contributed by atoms with van der Waals surface area (Å²) in [6.45, 7) is 4.15. The Kier molecular flexibility index (Phi) is 24.8. The van der Waals surface area contributed by atoms with Crippen molar-refractivity contribution in [1.82, 2.24) is 0 Å². The van der Waals surface area contributed by atoms with Crippen molar-refractivity contribution in [3.8, 4) is 0 Å². The number of hydrogen-bond acceptors (Lipinski definition) is 3. The highest BCUT2D eigenvalue weighted by Crippen LogP contribution is 1.96. The monoisotopic (exact) mass is 296 g/mol. The molecule has 0 aromatic carbocycles. The van der Waals surface area contributed by atoms with Crippen LogP contribution in [0.3, 0.4) is 0 Å². The fourth-order valence-electron chi connectivity index (χ4n) is 1.22. The van der Waals surface area contributed by atoms with Gasteiger partial charge >= 0.3 is 0 Å². The Morgan fingerprint density at radius 1 is 0.714 bits per heavy atom. The van der Waals surface area contributed by atoms with Crippen molar-refractivity contribution in [2.24, 2.45) is 0 Å². The zero-order valence-electron chi connectivity index (χ0n) is 13.6. The van der Waals surface area contributed by atoms with E-state index in [1.807, 2.05) is 24.3 Å². The summed E-state index contributed by atoms with van der Waals surface area (Å²) in [6.07, 6.45) is 22.9. The minimum Gasteiger partial charge on any atom is -0.473 e. The summed E-state index contributed by atoms with van der Waals surface area (Å²) in [7, 11) is 0. The molecule has 3 nitrogen and oxygen atoms in total. The van der Waals surface area contributed by atoms with E-state index in [2.05, 4.69) is 26.0 Å². The molecule has 0 unspecified atom stereocenters. The normalized spacial score (nSPS) is 11.6. The molecule has 0 amide bonds. The summed E-state index contributed by atoms with van der Waals surface area (Å²) in [4.78, 5) is 0. The summed E-state index contributed by atoms with van der Waals surface area (Å²) in [5, 5.41) is 15.2. The van der Waals surface area contributed by atoms with E-state index in [9.17, 15) is 0 Å². The first-order chi connectivity index (χ1) is 10.3. The Morgan fingerprint density at radius 3 is 1.48 bits per heavy atom. The predicted molar refractivity (Wildman–Crippen MR) is 90.9 cm³/mol. The van der Waals surface area contributed by atoms with Gasteiger partial charge in [-0.15, -0.1) is 0 Å². The van der Waals surface area contributed by atoms with Crippen LogP contribution in [-0.4, -0.2) is 23.4 Å². The van der Waals surface area contributed by atoms with Crippen LogP contribution in [0.1, 0.15) is 52.4 Å². The molecular formula is C18H32O3. The second-order valence-corrected chi connectivity index (χ2v) is 4.38. The molecule has 0 heterocycles. The Labute approximate surface area is 130 Å². The summed E-state index contributed by atoms with van der Waals surface area (Å²) < 4.78 is 5.18. The number of ether oxygens (including phenoxy) is 1. The lowest BCUT2D eigenvalue weighted by atomic mass is 10.2. The molecule has 0 fully saturated rings. The molecule has 0 rings (SSSR count). The van der Waals surface area contributed by atoms with Crippen molar-refractivity contribution in [1.29, 1.82) is 0 Å². The van der Waals surface area contributed by atoms with E-state index in [4.69, 9.17) is 14.9 Å². The highest BCUT2D eigenvalue weighted by molar-refractivity contribution is 5.02. The highest BCUT2D eigenvalue weighted by atomic mass is 16.5. The Balaban J connectivity index is 0. The molecule has 0 saturated carbocycles. The van der Waals surface area contributed by atoms with Crippen LogP contribution >= 0.6 is 0 Å². The Morgan fingerprint density at radius 2 is 1.14 bits per heavy atom. The molecule has 0 aliphatic heterocycles. The molecule has 0 spiro atoms. The maximum Gasteiger partial charge on any atom is 0.0901 e. The first-order valence-corrected chi connectivity index (χ1v) is 7.83. The molecule has 0 aromatic heterocycles. The van der Waals surface area contributed by atoms with Crippen LogP contribution in [-0.2, 0) is 4.74 Å². The van der Waals surface area contributed by atoms with Gasteiger partial charge < -0.3 is 14.9 Å². The van der Waals surface area contributed by atoms with E-state index in [0.29, 0.717) is 0 Å². The zero-order valence-corrected chi connectivity index (χ0v) is 13.6. The van der Waals surface area contributed by atoms with Gasteiger partial charge in [0.1, 0.15) is 0 Å². The average Bonchev–Trinajstić information content (AvgIpc) is 2.52. The summed E-state index contributed by atoms with van der Waals surface area (Å²) in [5.74, 6) is 0. The van der Waals surface area contributed by atoms with Gasteiger partial charge in [0.2, 0.25) is 0 Å². The molecule has 2 N–H and O–H groups in total. The van der Waals surface area contributed by atoms with E-state index >= 15 is 0 Å². The molecule has 122 valence electrons. The number of allylic oxidation sites excluding steroid dienone is 6. The summed E-state index contributed by atoms with van der Waals surface area (Å²) in [5.41, 5.74) is 0. The molecule has 0 bridgehead atoms. The van der Waals surface area contributed by atoms with Gasteiger partial charge in [0.15, 0.2) is 0 Å². The van der Waals surface area contributed by atoms with Crippen LogP contribution in [0.5, 0.6) is 0 Å². The maximum absolute atomic E-state index is 7.62. The molecule has 0 aromatic rings. The Bertz CT molecular complexity index is 250. The highest BCUT2D eigenvalue weighted by Gasteiger charge is 1.76. The third-order valence-corrected chi connectivity index (χ3v) is 2.36. The number of aliphatic hydroxyl groups is 2. The van der Waals surface area contributed by atoms with Crippen molar-refractivity contribution < 1.29 is 14.9 Å². The second-order valence-electron chi connectivity index (χ2n) is 4.38. The first-order valence-electron chi connectivity index (χ1n) is 7.83. The van der Waals surface area contributed by atoms with Crippen LogP contribution in [0, 0.1) is 0 Å². The van der Waals surface area contributed by atoms with Crippen LogP contribution < -0.4 is 0 Å².